The van der Waals surface area contributed by atoms with Gasteiger partial charge in [-0.2, -0.15) is 0 Å². The standard InChI is InChI=1S/C11H12N2O4S/c12-7(11(15)16)4-3-6-9(17-13-10(6)14)8-2-1-5-18-8/h1-2,5,7H,3-4,12H2,(H,13,14)(H,15,16). The summed E-state index contributed by atoms with van der Waals surface area (Å²) in [5.74, 6) is -0.806. The highest BCUT2D eigenvalue weighted by Crippen LogP contribution is 2.33. The van der Waals surface area contributed by atoms with Crippen molar-refractivity contribution in [1.82, 2.24) is 5.16 Å². The molecule has 7 heteroatoms. The summed E-state index contributed by atoms with van der Waals surface area (Å²) in [5.41, 5.74) is 5.92. The molecule has 96 valence electrons. The number of rotatable bonds is 5. The third-order valence-electron chi connectivity index (χ3n) is 2.53. The Hall–Kier alpha value is -1.86. The van der Waals surface area contributed by atoms with Gasteiger partial charge < -0.3 is 20.5 Å². The van der Waals surface area contributed by atoms with Crippen molar-refractivity contribution in [1.29, 1.82) is 0 Å². The maximum absolute atomic E-state index is 10.6. The van der Waals surface area contributed by atoms with Crippen LogP contribution >= 0.6 is 11.3 Å². The minimum absolute atomic E-state index is 0.211. The third-order valence-corrected chi connectivity index (χ3v) is 3.40. The van der Waals surface area contributed by atoms with E-state index >= 15 is 0 Å². The maximum Gasteiger partial charge on any atom is 0.320 e. The lowest BCUT2D eigenvalue weighted by Crippen LogP contribution is -2.30. The summed E-state index contributed by atoms with van der Waals surface area (Å²) in [5, 5.41) is 23.7. The molecular formula is C11H12N2O4S. The van der Waals surface area contributed by atoms with E-state index in [-0.39, 0.29) is 12.3 Å². The highest BCUT2D eigenvalue weighted by molar-refractivity contribution is 7.13. The second-order valence-corrected chi connectivity index (χ2v) is 4.72. The van der Waals surface area contributed by atoms with Gasteiger partial charge in [0.2, 0.25) is 0 Å². The second-order valence-electron chi connectivity index (χ2n) is 3.77. The molecule has 2 aromatic heterocycles. The molecule has 0 aromatic carbocycles. The van der Waals surface area contributed by atoms with Gasteiger partial charge in [-0.15, -0.1) is 11.3 Å². The average Bonchev–Trinajstić information content (AvgIpc) is 2.95. The molecule has 1 atom stereocenters. The van der Waals surface area contributed by atoms with Gasteiger partial charge in [-0.3, -0.25) is 4.79 Å². The normalized spacial score (nSPS) is 12.5. The number of nitrogens with two attached hydrogens (primary N) is 1. The largest absolute Gasteiger partial charge is 0.491 e. The van der Waals surface area contributed by atoms with Crippen LogP contribution in [0.3, 0.4) is 0 Å². The molecule has 6 nitrogen and oxygen atoms in total. The molecule has 2 heterocycles. The first kappa shape index (κ1) is 12.6. The van der Waals surface area contributed by atoms with Crippen molar-refractivity contribution in [2.45, 2.75) is 18.9 Å². The van der Waals surface area contributed by atoms with Gasteiger partial charge in [0.05, 0.1) is 10.4 Å². The Morgan fingerprint density at radius 3 is 3.00 bits per heavy atom. The van der Waals surface area contributed by atoms with E-state index in [1.807, 2.05) is 17.5 Å². The number of aromatic hydroxyl groups is 1. The minimum Gasteiger partial charge on any atom is -0.491 e. The summed E-state index contributed by atoms with van der Waals surface area (Å²) in [6.07, 6.45) is 0.512. The third kappa shape index (κ3) is 2.52. The number of aromatic nitrogens is 1. The first-order valence-corrected chi connectivity index (χ1v) is 6.17. The van der Waals surface area contributed by atoms with Crippen LogP contribution in [0, 0.1) is 0 Å². The molecule has 4 N–H and O–H groups in total. The van der Waals surface area contributed by atoms with Crippen LogP contribution in [0.15, 0.2) is 22.0 Å². The number of hydrogen-bond acceptors (Lipinski definition) is 6. The summed E-state index contributed by atoms with van der Waals surface area (Å²) >= 11 is 1.45. The molecule has 0 bridgehead atoms. The number of thiophene rings is 1. The maximum atomic E-state index is 10.6. The Bertz CT molecular complexity index is 535. The molecular weight excluding hydrogens is 256 g/mol. The lowest BCUT2D eigenvalue weighted by Gasteiger charge is -2.05. The number of nitrogens with zero attached hydrogens (tertiary/aromatic N) is 1. The highest BCUT2D eigenvalue weighted by atomic mass is 32.1. The van der Waals surface area contributed by atoms with Crippen molar-refractivity contribution in [3.05, 3.63) is 23.1 Å². The number of carboxylic acid groups (broad SMARTS) is 1. The van der Waals surface area contributed by atoms with Crippen LogP contribution in [-0.4, -0.2) is 27.4 Å². The number of aliphatic carboxylic acids is 1. The van der Waals surface area contributed by atoms with Gasteiger partial charge in [-0.25, -0.2) is 0 Å². The topological polar surface area (TPSA) is 110 Å². The quantitative estimate of drug-likeness (QED) is 0.757. The van der Waals surface area contributed by atoms with Crippen LogP contribution in [-0.2, 0) is 11.2 Å². The summed E-state index contributed by atoms with van der Waals surface area (Å²) in [6, 6.07) is 2.73. The zero-order valence-corrected chi connectivity index (χ0v) is 10.2. The molecule has 0 saturated carbocycles. The highest BCUT2D eigenvalue weighted by Gasteiger charge is 2.20. The Kier molecular flexibility index (Phi) is 3.63. The lowest BCUT2D eigenvalue weighted by molar-refractivity contribution is -0.138. The van der Waals surface area contributed by atoms with Crippen LogP contribution in [0.1, 0.15) is 12.0 Å². The first-order chi connectivity index (χ1) is 8.59. The predicted octanol–water partition coefficient (Wildman–Crippen LogP) is 1.45. The fraction of sp³-hybridized carbons (Fsp3) is 0.273. The summed E-state index contributed by atoms with van der Waals surface area (Å²) in [6.45, 7) is 0. The summed E-state index contributed by atoms with van der Waals surface area (Å²) in [7, 11) is 0. The lowest BCUT2D eigenvalue weighted by atomic mass is 10.1. The van der Waals surface area contributed by atoms with E-state index in [0.717, 1.165) is 4.88 Å². The smallest absolute Gasteiger partial charge is 0.320 e. The van der Waals surface area contributed by atoms with E-state index in [1.54, 1.807) is 0 Å². The average molecular weight is 268 g/mol. The molecule has 0 saturated heterocycles. The van der Waals surface area contributed by atoms with Gasteiger partial charge in [-0.05, 0) is 29.4 Å². The van der Waals surface area contributed by atoms with Crippen LogP contribution < -0.4 is 5.73 Å². The molecule has 2 rings (SSSR count). The van der Waals surface area contributed by atoms with Crippen LogP contribution in [0.25, 0.3) is 10.6 Å². The van der Waals surface area contributed by atoms with Crippen molar-refractivity contribution in [2.24, 2.45) is 5.73 Å². The van der Waals surface area contributed by atoms with Crippen molar-refractivity contribution >= 4 is 17.3 Å². The summed E-state index contributed by atoms with van der Waals surface area (Å²) in [4.78, 5) is 11.5. The van der Waals surface area contributed by atoms with Gasteiger partial charge in [0.25, 0.3) is 5.88 Å². The van der Waals surface area contributed by atoms with Crippen LogP contribution in [0.2, 0.25) is 0 Å². The van der Waals surface area contributed by atoms with Gasteiger partial charge >= 0.3 is 5.97 Å². The molecule has 0 fully saturated rings. The van der Waals surface area contributed by atoms with Crippen LogP contribution in [0.5, 0.6) is 5.88 Å². The molecule has 0 aliphatic carbocycles. The van der Waals surface area contributed by atoms with E-state index in [9.17, 15) is 9.90 Å². The monoisotopic (exact) mass is 268 g/mol. The van der Waals surface area contributed by atoms with Crippen molar-refractivity contribution in [3.8, 4) is 16.5 Å². The molecule has 2 aromatic rings. The fourth-order valence-electron chi connectivity index (χ4n) is 1.55. The van der Waals surface area contributed by atoms with Crippen molar-refractivity contribution in [2.75, 3.05) is 0 Å². The molecule has 0 aliphatic heterocycles. The molecule has 18 heavy (non-hydrogen) atoms. The number of carboxylic acids is 1. The van der Waals surface area contributed by atoms with Crippen LogP contribution in [0.4, 0.5) is 0 Å². The van der Waals surface area contributed by atoms with E-state index < -0.39 is 12.0 Å². The summed E-state index contributed by atoms with van der Waals surface area (Å²) < 4.78 is 5.05. The van der Waals surface area contributed by atoms with E-state index in [1.165, 1.54) is 11.3 Å². The van der Waals surface area contributed by atoms with E-state index in [4.69, 9.17) is 15.4 Å². The predicted molar refractivity (Wildman–Crippen MR) is 65.4 cm³/mol. The van der Waals surface area contributed by atoms with Gasteiger partial charge in [0.1, 0.15) is 6.04 Å². The Labute approximate surface area is 107 Å². The first-order valence-electron chi connectivity index (χ1n) is 5.29. The molecule has 0 spiro atoms. The molecule has 0 aliphatic rings. The number of hydrogen-bond donors (Lipinski definition) is 3. The fourth-order valence-corrected chi connectivity index (χ4v) is 2.28. The molecule has 1 unspecified atom stereocenters. The van der Waals surface area contributed by atoms with Crippen molar-refractivity contribution < 1.29 is 19.5 Å². The molecule has 0 radical (unpaired) electrons. The van der Waals surface area contributed by atoms with Crippen molar-refractivity contribution in [3.63, 3.8) is 0 Å². The Balaban J connectivity index is 2.18. The van der Waals surface area contributed by atoms with E-state index in [0.29, 0.717) is 17.7 Å². The van der Waals surface area contributed by atoms with Gasteiger partial charge in [0, 0.05) is 0 Å². The SMILES string of the molecule is NC(CCc1c(O)noc1-c1cccs1)C(=O)O. The van der Waals surface area contributed by atoms with Gasteiger partial charge in [-0.1, -0.05) is 6.07 Å². The van der Waals surface area contributed by atoms with Gasteiger partial charge in [0.15, 0.2) is 5.76 Å². The van der Waals surface area contributed by atoms with E-state index in [2.05, 4.69) is 5.16 Å². The Morgan fingerprint density at radius 2 is 2.39 bits per heavy atom. The minimum atomic E-state index is -1.07. The Morgan fingerprint density at radius 1 is 1.61 bits per heavy atom. The molecule has 0 amide bonds. The zero-order valence-electron chi connectivity index (χ0n) is 9.37. The zero-order chi connectivity index (χ0) is 13.1. The second kappa shape index (κ2) is 5.19. The number of carbonyl (C=O) groups is 1.